The fraction of sp³-hybridized carbons (Fsp3) is 0.619. The molecule has 1 radical (unpaired) electrons. The number of nitrogens with zero attached hydrogens (tertiary/aromatic N) is 1. The standard InChI is InChI=1S/C17H32NSi3.C4H8O.Li/c1-19(2,3)17(20(4,5)6)16(18-21(7,8)9)15-13-11-10-12-14-15;1-2-4-5-3-1;/h10-14H,1-9H3;1-4H2;/q;;+1/b18-16+;;. The van der Waals surface area contributed by atoms with Gasteiger partial charge in [-0.3, -0.25) is 0 Å². The van der Waals surface area contributed by atoms with Gasteiger partial charge in [-0.25, -0.2) is 0 Å². The van der Waals surface area contributed by atoms with Gasteiger partial charge in [0.15, 0.2) is 8.24 Å². The van der Waals surface area contributed by atoms with Gasteiger partial charge in [0.05, 0.1) is 16.1 Å². The molecular formula is C21H40LiNOSi3+. The molecule has 1 saturated heterocycles. The Balaban J connectivity index is 0.000000969. The minimum absolute atomic E-state index is 0. The van der Waals surface area contributed by atoms with Gasteiger partial charge in [0.1, 0.15) is 0 Å². The van der Waals surface area contributed by atoms with Crippen LogP contribution in [0.3, 0.4) is 0 Å². The third-order valence-electron chi connectivity index (χ3n) is 4.06. The van der Waals surface area contributed by atoms with Crippen molar-refractivity contribution < 1.29 is 23.6 Å². The minimum atomic E-state index is -1.51. The number of ether oxygens (including phenoxy) is 1. The van der Waals surface area contributed by atoms with Crippen molar-refractivity contribution in [2.45, 2.75) is 71.8 Å². The molecule has 1 aromatic carbocycles. The first-order valence-corrected chi connectivity index (χ1v) is 20.4. The van der Waals surface area contributed by atoms with E-state index in [0.29, 0.717) is 0 Å². The molecule has 1 heterocycles. The monoisotopic (exact) mass is 413 g/mol. The van der Waals surface area contributed by atoms with Crippen molar-refractivity contribution in [2.24, 2.45) is 4.66 Å². The van der Waals surface area contributed by atoms with Crippen LogP contribution in [0, 0.1) is 5.16 Å². The Morgan fingerprint density at radius 2 is 1.22 bits per heavy atom. The van der Waals surface area contributed by atoms with E-state index in [0.717, 1.165) is 13.2 Å². The van der Waals surface area contributed by atoms with Crippen LogP contribution in [0.4, 0.5) is 0 Å². The average Bonchev–Trinajstić information content (AvgIpc) is 3.02. The van der Waals surface area contributed by atoms with Crippen molar-refractivity contribution in [2.75, 3.05) is 13.2 Å². The van der Waals surface area contributed by atoms with Gasteiger partial charge in [-0.05, 0) is 38.0 Å². The maximum atomic E-state index is 5.30. The Labute approximate surface area is 183 Å². The molecule has 27 heavy (non-hydrogen) atoms. The molecule has 0 spiro atoms. The maximum absolute atomic E-state index is 5.30. The van der Waals surface area contributed by atoms with Gasteiger partial charge in [0, 0.05) is 24.1 Å². The van der Waals surface area contributed by atoms with Crippen molar-refractivity contribution in [1.82, 2.24) is 0 Å². The van der Waals surface area contributed by atoms with Gasteiger partial charge in [-0.15, -0.1) is 0 Å². The Bertz CT molecular complexity index is 546. The smallest absolute Gasteiger partial charge is 0.381 e. The fourth-order valence-corrected chi connectivity index (χ4v) is 15.5. The maximum Gasteiger partial charge on any atom is 1.00 e. The van der Waals surface area contributed by atoms with Crippen LogP contribution in [0.1, 0.15) is 18.4 Å². The second-order valence-corrected chi connectivity index (χ2v) is 25.3. The first-order valence-electron chi connectivity index (χ1n) is 9.94. The summed E-state index contributed by atoms with van der Waals surface area (Å²) in [6, 6.07) is 10.8. The molecule has 1 aromatic rings. The van der Waals surface area contributed by atoms with Gasteiger partial charge in [0.2, 0.25) is 0 Å². The molecule has 0 amide bonds. The Morgan fingerprint density at radius 1 is 0.778 bits per heavy atom. The van der Waals surface area contributed by atoms with Gasteiger partial charge < -0.3 is 9.39 Å². The van der Waals surface area contributed by atoms with E-state index >= 15 is 0 Å². The SMILES string of the molecule is C1CCOC1.C[Si](C)(C)/N=C(/[C]([Si](C)(C)C)[Si](C)(C)C)c1ccccc1.[Li+]. The molecule has 6 heteroatoms. The van der Waals surface area contributed by atoms with Crippen LogP contribution >= 0.6 is 0 Å². The molecule has 2 rings (SSSR count). The molecule has 0 saturated carbocycles. The molecule has 2 nitrogen and oxygen atoms in total. The summed E-state index contributed by atoms with van der Waals surface area (Å²) in [5, 5.41) is 1.73. The topological polar surface area (TPSA) is 21.6 Å². The number of rotatable bonds is 5. The summed E-state index contributed by atoms with van der Waals surface area (Å²) in [6.07, 6.45) is 2.56. The van der Waals surface area contributed by atoms with E-state index in [-0.39, 0.29) is 18.9 Å². The number of hydrogen-bond donors (Lipinski definition) is 0. The van der Waals surface area contributed by atoms with Crippen LogP contribution in [0.25, 0.3) is 0 Å². The molecule has 0 atom stereocenters. The van der Waals surface area contributed by atoms with E-state index in [4.69, 9.17) is 9.39 Å². The predicted molar refractivity (Wildman–Crippen MR) is 126 cm³/mol. The van der Waals surface area contributed by atoms with E-state index in [1.54, 1.807) is 5.16 Å². The first-order chi connectivity index (χ1) is 11.8. The van der Waals surface area contributed by atoms with Crippen LogP contribution in [-0.4, -0.2) is 43.3 Å². The molecular weight excluding hydrogens is 373 g/mol. The third kappa shape index (κ3) is 10.4. The molecule has 1 aliphatic rings. The van der Waals surface area contributed by atoms with E-state index in [1.165, 1.54) is 24.1 Å². The van der Waals surface area contributed by atoms with E-state index in [1.807, 2.05) is 0 Å². The molecule has 1 fully saturated rings. The third-order valence-corrected chi connectivity index (χ3v) is 12.9. The van der Waals surface area contributed by atoms with Crippen molar-refractivity contribution in [3.05, 3.63) is 41.1 Å². The summed E-state index contributed by atoms with van der Waals surface area (Å²) in [5.41, 5.74) is 2.66. The van der Waals surface area contributed by atoms with Crippen molar-refractivity contribution in [3.8, 4) is 0 Å². The second kappa shape index (κ2) is 11.3. The zero-order chi connectivity index (χ0) is 20.0. The summed E-state index contributed by atoms with van der Waals surface area (Å²) in [6.45, 7) is 23.9. The second-order valence-electron chi connectivity index (χ2n) is 10.2. The van der Waals surface area contributed by atoms with Crippen LogP contribution < -0.4 is 18.9 Å². The van der Waals surface area contributed by atoms with E-state index < -0.39 is 24.4 Å². The molecule has 0 N–H and O–H groups in total. The number of benzene rings is 1. The summed E-state index contributed by atoms with van der Waals surface area (Å²) >= 11 is 0. The van der Waals surface area contributed by atoms with E-state index in [9.17, 15) is 0 Å². The Kier molecular flexibility index (Phi) is 11.4. The predicted octanol–water partition coefficient (Wildman–Crippen LogP) is 3.44. The van der Waals surface area contributed by atoms with Gasteiger partial charge in [-0.1, -0.05) is 69.6 Å². The summed E-state index contributed by atoms with van der Waals surface area (Å²) in [4.78, 5) is 0. The van der Waals surface area contributed by atoms with Crippen LogP contribution in [0.15, 0.2) is 35.0 Å². The molecule has 0 aliphatic carbocycles. The quantitative estimate of drug-likeness (QED) is 0.535. The Morgan fingerprint density at radius 3 is 1.52 bits per heavy atom. The average molecular weight is 414 g/mol. The van der Waals surface area contributed by atoms with E-state index in [2.05, 4.69) is 89.3 Å². The fourth-order valence-electron chi connectivity index (χ4n) is 3.54. The number of hydrogen-bond acceptors (Lipinski definition) is 2. The minimum Gasteiger partial charge on any atom is -0.381 e. The molecule has 0 unspecified atom stereocenters. The Hall–Kier alpha value is 0.0981. The molecule has 0 aromatic heterocycles. The van der Waals surface area contributed by atoms with Crippen LogP contribution in [-0.2, 0) is 4.74 Å². The van der Waals surface area contributed by atoms with Crippen molar-refractivity contribution in [1.29, 1.82) is 0 Å². The van der Waals surface area contributed by atoms with Crippen molar-refractivity contribution >= 4 is 30.1 Å². The van der Waals surface area contributed by atoms with Gasteiger partial charge in [-0.2, -0.15) is 0 Å². The van der Waals surface area contributed by atoms with Gasteiger partial charge in [0.25, 0.3) is 0 Å². The summed E-state index contributed by atoms with van der Waals surface area (Å²) in [5.74, 6) is 0. The van der Waals surface area contributed by atoms with Gasteiger partial charge >= 0.3 is 18.9 Å². The summed E-state index contributed by atoms with van der Waals surface area (Å²) in [7, 11) is -4.31. The molecule has 0 bridgehead atoms. The summed E-state index contributed by atoms with van der Waals surface area (Å²) < 4.78 is 10.2. The van der Waals surface area contributed by atoms with Crippen molar-refractivity contribution in [3.63, 3.8) is 0 Å². The zero-order valence-corrected chi connectivity index (χ0v) is 22.6. The molecule has 1 aliphatic heterocycles. The van der Waals surface area contributed by atoms with Crippen LogP contribution in [0.5, 0.6) is 0 Å². The zero-order valence-electron chi connectivity index (χ0n) is 19.6. The normalized spacial score (nSPS) is 15.9. The van der Waals surface area contributed by atoms with Crippen LogP contribution in [0.2, 0.25) is 58.9 Å². The first kappa shape index (κ1) is 27.1. The largest absolute Gasteiger partial charge is 1.00 e. The molecule has 147 valence electrons.